The largest absolute Gasteiger partial charge is 0.371 e. The Hall–Kier alpha value is -0.640. The van der Waals surface area contributed by atoms with Crippen molar-refractivity contribution in [2.24, 2.45) is 0 Å². The molecule has 2 nitrogen and oxygen atoms in total. The van der Waals surface area contributed by atoms with Gasteiger partial charge in [0.05, 0.1) is 12.7 Å². The fourth-order valence-corrected chi connectivity index (χ4v) is 2.30. The lowest BCUT2D eigenvalue weighted by atomic mass is 9.96. The van der Waals surface area contributed by atoms with E-state index in [1.807, 2.05) is 6.92 Å². The highest BCUT2D eigenvalue weighted by atomic mass is 35.5. The quantitative estimate of drug-likeness (QED) is 0.819. The number of hydrogen-bond donors (Lipinski definition) is 1. The van der Waals surface area contributed by atoms with E-state index in [9.17, 15) is 4.39 Å². The van der Waals surface area contributed by atoms with Gasteiger partial charge in [-0.05, 0) is 36.6 Å². The van der Waals surface area contributed by atoms with Crippen LogP contribution >= 0.6 is 11.6 Å². The minimum atomic E-state index is -0.264. The van der Waals surface area contributed by atoms with Gasteiger partial charge in [0.2, 0.25) is 0 Å². The van der Waals surface area contributed by atoms with Crippen molar-refractivity contribution in [2.45, 2.75) is 20.0 Å². The normalized spacial score (nSPS) is 21.1. The highest BCUT2D eigenvalue weighted by molar-refractivity contribution is 6.31. The van der Waals surface area contributed by atoms with Crippen LogP contribution in [0, 0.1) is 19.7 Å². The summed E-state index contributed by atoms with van der Waals surface area (Å²) < 4.78 is 19.3. The lowest BCUT2D eigenvalue weighted by Gasteiger charge is -2.27. The Bertz CT molecular complexity index is 376. The third kappa shape index (κ3) is 2.08. The SMILES string of the molecule is Cc1c(F)cc(Cl)c(C)c1C1CNCCO1. The van der Waals surface area contributed by atoms with Crippen LogP contribution < -0.4 is 5.32 Å². The number of morpholine rings is 1. The Morgan fingerprint density at radius 2 is 2.19 bits per heavy atom. The molecule has 0 radical (unpaired) electrons. The zero-order valence-corrected chi connectivity index (χ0v) is 10.2. The van der Waals surface area contributed by atoms with Crippen molar-refractivity contribution in [2.75, 3.05) is 19.7 Å². The van der Waals surface area contributed by atoms with Crippen LogP contribution in [0.15, 0.2) is 6.07 Å². The summed E-state index contributed by atoms with van der Waals surface area (Å²) in [6.45, 7) is 5.88. The molecule has 1 unspecified atom stereocenters. The van der Waals surface area contributed by atoms with Crippen molar-refractivity contribution in [3.63, 3.8) is 0 Å². The second kappa shape index (κ2) is 4.70. The first-order valence-electron chi connectivity index (χ1n) is 5.38. The van der Waals surface area contributed by atoms with Crippen molar-refractivity contribution in [3.8, 4) is 0 Å². The van der Waals surface area contributed by atoms with E-state index in [1.165, 1.54) is 6.07 Å². The summed E-state index contributed by atoms with van der Waals surface area (Å²) in [5, 5.41) is 3.70. The second-order valence-electron chi connectivity index (χ2n) is 4.07. The van der Waals surface area contributed by atoms with E-state index in [4.69, 9.17) is 16.3 Å². The summed E-state index contributed by atoms with van der Waals surface area (Å²) in [4.78, 5) is 0. The molecule has 1 fully saturated rings. The fraction of sp³-hybridized carbons (Fsp3) is 0.500. The maximum Gasteiger partial charge on any atom is 0.127 e. The molecule has 1 aromatic carbocycles. The molecular weight excluding hydrogens is 229 g/mol. The van der Waals surface area contributed by atoms with Gasteiger partial charge in [-0.25, -0.2) is 4.39 Å². The molecule has 0 amide bonds. The molecule has 0 saturated carbocycles. The average Bonchev–Trinajstić information content (AvgIpc) is 2.28. The van der Waals surface area contributed by atoms with Gasteiger partial charge in [-0.3, -0.25) is 0 Å². The molecule has 1 saturated heterocycles. The molecule has 1 aliphatic rings. The van der Waals surface area contributed by atoms with E-state index in [0.717, 1.165) is 17.7 Å². The Morgan fingerprint density at radius 3 is 2.81 bits per heavy atom. The van der Waals surface area contributed by atoms with Crippen LogP contribution in [0.25, 0.3) is 0 Å². The Labute approximate surface area is 99.7 Å². The predicted molar refractivity (Wildman–Crippen MR) is 62.4 cm³/mol. The molecule has 0 bridgehead atoms. The summed E-state index contributed by atoms with van der Waals surface area (Å²) in [7, 11) is 0. The molecule has 0 aromatic heterocycles. The summed E-state index contributed by atoms with van der Waals surface area (Å²) in [6, 6.07) is 1.37. The molecule has 88 valence electrons. The van der Waals surface area contributed by atoms with E-state index < -0.39 is 0 Å². The highest BCUT2D eigenvalue weighted by Crippen LogP contribution is 2.32. The van der Waals surface area contributed by atoms with Gasteiger partial charge in [-0.2, -0.15) is 0 Å². The number of hydrogen-bond acceptors (Lipinski definition) is 2. The molecule has 0 spiro atoms. The second-order valence-corrected chi connectivity index (χ2v) is 4.47. The van der Waals surface area contributed by atoms with Gasteiger partial charge in [0.15, 0.2) is 0 Å². The number of nitrogens with one attached hydrogen (secondary N) is 1. The van der Waals surface area contributed by atoms with Crippen LogP contribution in [0.4, 0.5) is 4.39 Å². The van der Waals surface area contributed by atoms with Crippen molar-refractivity contribution in [3.05, 3.63) is 33.6 Å². The fourth-order valence-electron chi connectivity index (χ4n) is 2.10. The molecule has 1 atom stereocenters. The molecule has 0 aliphatic carbocycles. The van der Waals surface area contributed by atoms with Gasteiger partial charge in [0.25, 0.3) is 0 Å². The topological polar surface area (TPSA) is 21.3 Å². The third-order valence-corrected chi connectivity index (χ3v) is 3.42. The molecule has 4 heteroatoms. The van der Waals surface area contributed by atoms with Gasteiger partial charge >= 0.3 is 0 Å². The van der Waals surface area contributed by atoms with Crippen molar-refractivity contribution >= 4 is 11.6 Å². The van der Waals surface area contributed by atoms with Crippen LogP contribution in [-0.4, -0.2) is 19.7 Å². The van der Waals surface area contributed by atoms with Crippen LogP contribution in [0.3, 0.4) is 0 Å². The van der Waals surface area contributed by atoms with Crippen LogP contribution in [0.5, 0.6) is 0 Å². The van der Waals surface area contributed by atoms with Crippen molar-refractivity contribution in [1.82, 2.24) is 5.32 Å². The number of ether oxygens (including phenoxy) is 1. The summed E-state index contributed by atoms with van der Waals surface area (Å²) in [5.41, 5.74) is 2.43. The number of rotatable bonds is 1. The Kier molecular flexibility index (Phi) is 3.47. The van der Waals surface area contributed by atoms with Crippen LogP contribution in [0.1, 0.15) is 22.8 Å². The van der Waals surface area contributed by atoms with Crippen molar-refractivity contribution < 1.29 is 9.13 Å². The molecule has 1 aliphatic heterocycles. The molecule has 1 heterocycles. The Morgan fingerprint density at radius 1 is 1.44 bits per heavy atom. The smallest absolute Gasteiger partial charge is 0.127 e. The van der Waals surface area contributed by atoms with Gasteiger partial charge in [0.1, 0.15) is 5.82 Å². The highest BCUT2D eigenvalue weighted by Gasteiger charge is 2.22. The van der Waals surface area contributed by atoms with Gasteiger partial charge in [-0.15, -0.1) is 0 Å². The van der Waals surface area contributed by atoms with Gasteiger partial charge in [0, 0.05) is 18.1 Å². The summed E-state index contributed by atoms with van der Waals surface area (Å²) in [6.07, 6.45) is -0.0954. The maximum absolute atomic E-state index is 13.6. The summed E-state index contributed by atoms with van der Waals surface area (Å²) in [5.74, 6) is -0.264. The molecule has 1 N–H and O–H groups in total. The zero-order valence-electron chi connectivity index (χ0n) is 9.44. The van der Waals surface area contributed by atoms with Crippen molar-refractivity contribution in [1.29, 1.82) is 0 Å². The van der Waals surface area contributed by atoms with E-state index in [0.29, 0.717) is 23.7 Å². The van der Waals surface area contributed by atoms with Crippen LogP contribution in [-0.2, 0) is 4.74 Å². The number of halogens is 2. The molecule has 2 rings (SSSR count). The lowest BCUT2D eigenvalue weighted by molar-refractivity contribution is 0.0267. The van der Waals surface area contributed by atoms with E-state index in [1.54, 1.807) is 6.92 Å². The molecular formula is C12H15ClFNO. The van der Waals surface area contributed by atoms with E-state index in [-0.39, 0.29) is 11.9 Å². The first-order chi connectivity index (χ1) is 7.61. The lowest BCUT2D eigenvalue weighted by Crippen LogP contribution is -2.34. The minimum Gasteiger partial charge on any atom is -0.371 e. The predicted octanol–water partition coefficient (Wildman–Crippen LogP) is 2.76. The summed E-state index contributed by atoms with van der Waals surface area (Å²) >= 11 is 5.99. The first-order valence-corrected chi connectivity index (χ1v) is 5.76. The van der Waals surface area contributed by atoms with E-state index >= 15 is 0 Å². The Balaban J connectivity index is 2.45. The monoisotopic (exact) mass is 243 g/mol. The molecule has 16 heavy (non-hydrogen) atoms. The standard InChI is InChI=1S/C12H15ClFNO/c1-7-9(13)5-10(14)8(2)12(7)11-6-15-3-4-16-11/h5,11,15H,3-4,6H2,1-2H3. The first kappa shape index (κ1) is 11.8. The van der Waals surface area contributed by atoms with Gasteiger partial charge in [-0.1, -0.05) is 11.6 Å². The molecule has 1 aromatic rings. The minimum absolute atomic E-state index is 0.0954. The van der Waals surface area contributed by atoms with E-state index in [2.05, 4.69) is 5.32 Å². The van der Waals surface area contributed by atoms with Crippen LogP contribution in [0.2, 0.25) is 5.02 Å². The average molecular weight is 244 g/mol. The van der Waals surface area contributed by atoms with Gasteiger partial charge < -0.3 is 10.1 Å². The number of benzene rings is 1. The third-order valence-electron chi connectivity index (χ3n) is 3.03. The zero-order chi connectivity index (χ0) is 11.7. The maximum atomic E-state index is 13.6.